The third-order valence-electron chi connectivity index (χ3n) is 4.08. The lowest BCUT2D eigenvalue weighted by molar-refractivity contribution is -0.148. The molecule has 0 saturated heterocycles. The van der Waals surface area contributed by atoms with Crippen LogP contribution in [0.3, 0.4) is 0 Å². The predicted octanol–water partition coefficient (Wildman–Crippen LogP) is 5.10. The van der Waals surface area contributed by atoms with Gasteiger partial charge >= 0.3 is 5.97 Å². The highest BCUT2D eigenvalue weighted by atomic mass is 16.6. The lowest BCUT2D eigenvalue weighted by atomic mass is 9.93. The van der Waals surface area contributed by atoms with Gasteiger partial charge in [-0.15, -0.1) is 0 Å². The molecular formula is C21H30O3. The molecule has 0 saturated carbocycles. The van der Waals surface area contributed by atoms with Crippen molar-refractivity contribution < 1.29 is 14.3 Å². The number of esters is 1. The molecule has 0 fully saturated rings. The summed E-state index contributed by atoms with van der Waals surface area (Å²) in [4.78, 5) is 12.1. The highest BCUT2D eigenvalue weighted by Crippen LogP contribution is 2.31. The largest absolute Gasteiger partial charge is 0.493 e. The zero-order valence-corrected chi connectivity index (χ0v) is 15.5. The first-order chi connectivity index (χ1) is 11.4. The Morgan fingerprint density at radius 2 is 2.08 bits per heavy atom. The normalized spacial score (nSPS) is 14.8. The van der Waals surface area contributed by atoms with Gasteiger partial charge in [0, 0.05) is 11.6 Å². The van der Waals surface area contributed by atoms with Crippen molar-refractivity contribution in [1.29, 1.82) is 0 Å². The zero-order chi connectivity index (χ0) is 17.6. The van der Waals surface area contributed by atoms with Crippen LogP contribution in [0.2, 0.25) is 0 Å². The zero-order valence-electron chi connectivity index (χ0n) is 15.5. The van der Waals surface area contributed by atoms with E-state index in [1.807, 2.05) is 26.8 Å². The molecule has 0 radical (unpaired) electrons. The Morgan fingerprint density at radius 3 is 2.79 bits per heavy atom. The average molecular weight is 330 g/mol. The number of unbranched alkanes of at least 4 members (excludes halogenated alkanes) is 1. The summed E-state index contributed by atoms with van der Waals surface area (Å²) in [5.74, 6) is 0.674. The molecule has 0 atom stereocenters. The van der Waals surface area contributed by atoms with Crippen molar-refractivity contribution >= 4 is 12.0 Å². The van der Waals surface area contributed by atoms with Crippen molar-refractivity contribution in [3.05, 3.63) is 34.9 Å². The topological polar surface area (TPSA) is 35.5 Å². The van der Waals surface area contributed by atoms with Gasteiger partial charge in [0.15, 0.2) is 0 Å². The van der Waals surface area contributed by atoms with Crippen LogP contribution in [0.4, 0.5) is 0 Å². The van der Waals surface area contributed by atoms with Crippen LogP contribution in [0.1, 0.15) is 70.1 Å². The lowest BCUT2D eigenvalue weighted by Crippen LogP contribution is -2.22. The Hall–Kier alpha value is -1.77. The van der Waals surface area contributed by atoms with Crippen LogP contribution in [-0.2, 0) is 22.4 Å². The third-order valence-corrected chi connectivity index (χ3v) is 4.08. The van der Waals surface area contributed by atoms with Gasteiger partial charge in [0.25, 0.3) is 0 Å². The van der Waals surface area contributed by atoms with Crippen LogP contribution < -0.4 is 4.74 Å². The van der Waals surface area contributed by atoms with Crippen molar-refractivity contribution in [2.75, 3.05) is 6.61 Å². The van der Waals surface area contributed by atoms with E-state index in [0.717, 1.165) is 56.4 Å². The molecule has 0 unspecified atom stereocenters. The van der Waals surface area contributed by atoms with Gasteiger partial charge in [-0.1, -0.05) is 19.4 Å². The molecule has 0 N–H and O–H groups in total. The quantitative estimate of drug-likeness (QED) is 0.556. The summed E-state index contributed by atoms with van der Waals surface area (Å²) < 4.78 is 11.3. The van der Waals surface area contributed by atoms with Gasteiger partial charge in [-0.2, -0.15) is 0 Å². The van der Waals surface area contributed by atoms with Crippen molar-refractivity contribution in [3.8, 4) is 5.75 Å². The van der Waals surface area contributed by atoms with Gasteiger partial charge in [-0.3, -0.25) is 0 Å². The van der Waals surface area contributed by atoms with Gasteiger partial charge in [-0.25, -0.2) is 4.79 Å². The summed E-state index contributed by atoms with van der Waals surface area (Å²) in [7, 11) is 0. The first kappa shape index (κ1) is 18.6. The molecule has 0 aliphatic carbocycles. The molecule has 132 valence electrons. The van der Waals surface area contributed by atoms with Crippen LogP contribution >= 0.6 is 0 Å². The van der Waals surface area contributed by atoms with E-state index in [1.54, 1.807) is 6.08 Å². The average Bonchev–Trinajstić information content (AvgIpc) is 2.74. The minimum Gasteiger partial charge on any atom is -0.493 e. The first-order valence-electron chi connectivity index (χ1n) is 9.09. The van der Waals surface area contributed by atoms with Gasteiger partial charge in [0.05, 0.1) is 6.61 Å². The second kappa shape index (κ2) is 8.36. The van der Waals surface area contributed by atoms with Gasteiger partial charge in [-0.05, 0) is 76.1 Å². The van der Waals surface area contributed by atoms with Crippen molar-refractivity contribution in [2.45, 2.75) is 71.8 Å². The SMILES string of the molecule is CCCCc1ccc2c(c1/C=C/C(=O)OC(C)(C)C)CCCCO2. The molecule has 3 heteroatoms. The van der Waals surface area contributed by atoms with E-state index >= 15 is 0 Å². The number of benzene rings is 1. The van der Waals surface area contributed by atoms with E-state index in [4.69, 9.17) is 9.47 Å². The number of carbonyl (C=O) groups excluding carboxylic acids is 1. The number of hydrogen-bond acceptors (Lipinski definition) is 3. The van der Waals surface area contributed by atoms with E-state index in [-0.39, 0.29) is 5.97 Å². The molecule has 1 aromatic carbocycles. The fourth-order valence-corrected chi connectivity index (χ4v) is 2.95. The molecule has 1 aromatic rings. The van der Waals surface area contributed by atoms with Crippen molar-refractivity contribution in [3.63, 3.8) is 0 Å². The molecule has 1 heterocycles. The Bertz CT molecular complexity index is 594. The molecule has 1 aliphatic rings. The van der Waals surface area contributed by atoms with Crippen molar-refractivity contribution in [1.82, 2.24) is 0 Å². The second-order valence-corrected chi connectivity index (χ2v) is 7.39. The number of rotatable bonds is 5. The van der Waals surface area contributed by atoms with E-state index in [0.29, 0.717) is 0 Å². The van der Waals surface area contributed by atoms with Crippen LogP contribution in [0, 0.1) is 0 Å². The molecule has 24 heavy (non-hydrogen) atoms. The second-order valence-electron chi connectivity index (χ2n) is 7.39. The maximum atomic E-state index is 12.1. The summed E-state index contributed by atoms with van der Waals surface area (Å²) in [6.45, 7) is 8.62. The van der Waals surface area contributed by atoms with Crippen LogP contribution in [0.25, 0.3) is 6.08 Å². The Morgan fingerprint density at radius 1 is 1.29 bits per heavy atom. The number of ether oxygens (including phenoxy) is 2. The van der Waals surface area contributed by atoms with E-state index in [2.05, 4.69) is 19.1 Å². The van der Waals surface area contributed by atoms with E-state index in [9.17, 15) is 4.79 Å². The molecule has 0 aromatic heterocycles. The lowest BCUT2D eigenvalue weighted by Gasteiger charge is -2.18. The maximum Gasteiger partial charge on any atom is 0.331 e. The van der Waals surface area contributed by atoms with Gasteiger partial charge in [0.2, 0.25) is 0 Å². The molecule has 1 aliphatic heterocycles. The predicted molar refractivity (Wildman–Crippen MR) is 98.4 cm³/mol. The summed E-state index contributed by atoms with van der Waals surface area (Å²) in [5.41, 5.74) is 3.21. The van der Waals surface area contributed by atoms with E-state index < -0.39 is 5.60 Å². The Labute approximate surface area is 146 Å². The Kier molecular flexibility index (Phi) is 6.47. The number of carbonyl (C=O) groups is 1. The van der Waals surface area contributed by atoms with Gasteiger partial charge < -0.3 is 9.47 Å². The van der Waals surface area contributed by atoms with Crippen molar-refractivity contribution in [2.24, 2.45) is 0 Å². The number of fused-ring (bicyclic) bond motifs is 1. The third kappa shape index (κ3) is 5.40. The first-order valence-corrected chi connectivity index (χ1v) is 9.09. The molecule has 0 amide bonds. The minimum absolute atomic E-state index is 0.295. The highest BCUT2D eigenvalue weighted by molar-refractivity contribution is 5.88. The van der Waals surface area contributed by atoms with Crippen LogP contribution in [-0.4, -0.2) is 18.2 Å². The summed E-state index contributed by atoms with van der Waals surface area (Å²) in [5, 5.41) is 0. The summed E-state index contributed by atoms with van der Waals surface area (Å²) in [6.07, 6.45) is 10.0. The molecule has 0 spiro atoms. The smallest absolute Gasteiger partial charge is 0.331 e. The van der Waals surface area contributed by atoms with Gasteiger partial charge in [0.1, 0.15) is 11.4 Å². The molecule has 2 rings (SSSR count). The number of hydrogen-bond donors (Lipinski definition) is 0. The highest BCUT2D eigenvalue weighted by Gasteiger charge is 2.17. The molecule has 0 bridgehead atoms. The standard InChI is InChI=1S/C21H30O3/c1-5-6-9-16-11-13-19-18(10-7-8-15-23-19)17(16)12-14-20(22)24-21(2,3)4/h11-14H,5-10,15H2,1-4H3/b14-12+. The van der Waals surface area contributed by atoms with E-state index in [1.165, 1.54) is 11.1 Å². The Balaban J connectivity index is 2.31. The fraction of sp³-hybridized carbons (Fsp3) is 0.571. The summed E-state index contributed by atoms with van der Waals surface area (Å²) in [6, 6.07) is 4.24. The summed E-state index contributed by atoms with van der Waals surface area (Å²) >= 11 is 0. The molecule has 3 nitrogen and oxygen atoms in total. The monoisotopic (exact) mass is 330 g/mol. The fourth-order valence-electron chi connectivity index (χ4n) is 2.95. The minimum atomic E-state index is -0.469. The number of aryl methyl sites for hydroxylation is 1. The van der Waals surface area contributed by atoms with Crippen LogP contribution in [0.5, 0.6) is 5.75 Å². The molecular weight excluding hydrogens is 300 g/mol. The maximum absolute atomic E-state index is 12.1. The van der Waals surface area contributed by atoms with Crippen LogP contribution in [0.15, 0.2) is 18.2 Å².